The number of nitrogens with zero attached hydrogens (tertiary/aromatic N) is 1. The summed E-state index contributed by atoms with van der Waals surface area (Å²) in [5.74, 6) is 0. The quantitative estimate of drug-likeness (QED) is 0.885. The summed E-state index contributed by atoms with van der Waals surface area (Å²) in [4.78, 5) is 3.97. The lowest BCUT2D eigenvalue weighted by molar-refractivity contribution is 1.08. The fourth-order valence-corrected chi connectivity index (χ4v) is 1.93. The van der Waals surface area contributed by atoms with Crippen molar-refractivity contribution in [3.8, 4) is 0 Å². The van der Waals surface area contributed by atoms with Gasteiger partial charge in [-0.25, -0.2) is 0 Å². The van der Waals surface area contributed by atoms with Crippen LogP contribution >= 0.6 is 11.6 Å². The Morgan fingerprint density at radius 3 is 2.76 bits per heavy atom. The van der Waals surface area contributed by atoms with Crippen LogP contribution in [0.15, 0.2) is 42.7 Å². The molecule has 0 spiro atoms. The van der Waals surface area contributed by atoms with Crippen LogP contribution in [0.1, 0.15) is 18.1 Å². The van der Waals surface area contributed by atoms with E-state index in [2.05, 4.69) is 35.4 Å². The van der Waals surface area contributed by atoms with Crippen LogP contribution in [0.2, 0.25) is 5.02 Å². The summed E-state index contributed by atoms with van der Waals surface area (Å²) in [7, 11) is 0. The second-order valence-electron chi connectivity index (χ2n) is 3.83. The molecule has 17 heavy (non-hydrogen) atoms. The Balaban J connectivity index is 2.10. The smallest absolute Gasteiger partial charge is 0.0639 e. The molecule has 1 N–H and O–H groups in total. The zero-order valence-electron chi connectivity index (χ0n) is 9.78. The number of benzene rings is 1. The molecular weight excluding hydrogens is 232 g/mol. The highest BCUT2D eigenvalue weighted by atomic mass is 35.5. The molecule has 0 unspecified atom stereocenters. The summed E-state index contributed by atoms with van der Waals surface area (Å²) in [5, 5.41) is 4.11. The Hall–Kier alpha value is -1.54. The van der Waals surface area contributed by atoms with Crippen LogP contribution in [-0.4, -0.2) is 4.98 Å². The Kier molecular flexibility index (Phi) is 3.99. The van der Waals surface area contributed by atoms with Gasteiger partial charge in [0.2, 0.25) is 0 Å². The molecule has 0 aliphatic carbocycles. The topological polar surface area (TPSA) is 24.9 Å². The SMILES string of the molecule is CCc1ccccc1NCc1ccncc1Cl. The van der Waals surface area contributed by atoms with Crippen molar-refractivity contribution >= 4 is 17.3 Å². The number of aromatic nitrogens is 1. The van der Waals surface area contributed by atoms with Gasteiger partial charge in [0.05, 0.1) is 5.02 Å². The molecule has 0 radical (unpaired) electrons. The van der Waals surface area contributed by atoms with Gasteiger partial charge in [0, 0.05) is 24.6 Å². The third kappa shape index (κ3) is 2.98. The maximum atomic E-state index is 6.06. The van der Waals surface area contributed by atoms with Crippen LogP contribution in [-0.2, 0) is 13.0 Å². The zero-order chi connectivity index (χ0) is 12.1. The molecule has 0 fully saturated rings. The molecule has 1 aromatic carbocycles. The largest absolute Gasteiger partial charge is 0.381 e. The van der Waals surface area contributed by atoms with E-state index in [1.54, 1.807) is 12.4 Å². The summed E-state index contributed by atoms with van der Waals surface area (Å²) < 4.78 is 0. The predicted molar refractivity (Wildman–Crippen MR) is 72.4 cm³/mol. The van der Waals surface area contributed by atoms with Gasteiger partial charge < -0.3 is 5.32 Å². The Labute approximate surface area is 107 Å². The lowest BCUT2D eigenvalue weighted by atomic mass is 10.1. The van der Waals surface area contributed by atoms with Crippen molar-refractivity contribution in [2.24, 2.45) is 0 Å². The minimum absolute atomic E-state index is 0.703. The second kappa shape index (κ2) is 5.69. The van der Waals surface area contributed by atoms with Crippen LogP contribution in [0.25, 0.3) is 0 Å². The first kappa shape index (κ1) is 11.9. The number of para-hydroxylation sites is 1. The van der Waals surface area contributed by atoms with E-state index in [0.29, 0.717) is 5.02 Å². The van der Waals surface area contributed by atoms with Gasteiger partial charge >= 0.3 is 0 Å². The van der Waals surface area contributed by atoms with Crippen molar-refractivity contribution in [3.63, 3.8) is 0 Å². The number of pyridine rings is 1. The number of nitrogens with one attached hydrogen (secondary N) is 1. The second-order valence-corrected chi connectivity index (χ2v) is 4.24. The molecule has 0 amide bonds. The van der Waals surface area contributed by atoms with Crippen LogP contribution in [0.4, 0.5) is 5.69 Å². The Morgan fingerprint density at radius 2 is 2.00 bits per heavy atom. The van der Waals surface area contributed by atoms with Gasteiger partial charge in [0.25, 0.3) is 0 Å². The number of halogens is 1. The van der Waals surface area contributed by atoms with E-state index >= 15 is 0 Å². The number of anilines is 1. The van der Waals surface area contributed by atoms with Crippen LogP contribution in [0.3, 0.4) is 0 Å². The van der Waals surface area contributed by atoms with Crippen LogP contribution in [0, 0.1) is 0 Å². The Bertz CT molecular complexity index is 497. The lowest BCUT2D eigenvalue weighted by Crippen LogP contribution is -2.02. The monoisotopic (exact) mass is 246 g/mol. The number of rotatable bonds is 4. The maximum Gasteiger partial charge on any atom is 0.0639 e. The highest BCUT2D eigenvalue weighted by Gasteiger charge is 2.01. The van der Waals surface area contributed by atoms with Crippen molar-refractivity contribution in [3.05, 3.63) is 58.9 Å². The molecule has 0 atom stereocenters. The molecule has 0 saturated heterocycles. The van der Waals surface area contributed by atoms with E-state index in [0.717, 1.165) is 18.5 Å². The van der Waals surface area contributed by atoms with E-state index in [9.17, 15) is 0 Å². The van der Waals surface area contributed by atoms with E-state index in [4.69, 9.17) is 11.6 Å². The van der Waals surface area contributed by atoms with E-state index in [-0.39, 0.29) is 0 Å². The molecule has 1 aromatic heterocycles. The average Bonchev–Trinajstić information content (AvgIpc) is 2.38. The molecule has 1 heterocycles. The maximum absolute atomic E-state index is 6.06. The highest BCUT2D eigenvalue weighted by Crippen LogP contribution is 2.19. The average molecular weight is 247 g/mol. The number of hydrogen-bond donors (Lipinski definition) is 1. The molecule has 0 aliphatic heterocycles. The normalized spacial score (nSPS) is 10.2. The fourth-order valence-electron chi connectivity index (χ4n) is 1.74. The van der Waals surface area contributed by atoms with Crippen LogP contribution < -0.4 is 5.32 Å². The minimum atomic E-state index is 0.703. The predicted octanol–water partition coefficient (Wildman–Crippen LogP) is 3.91. The van der Waals surface area contributed by atoms with Crippen molar-refractivity contribution in [2.45, 2.75) is 19.9 Å². The summed E-state index contributed by atoms with van der Waals surface area (Å²) >= 11 is 6.06. The van der Waals surface area contributed by atoms with Gasteiger partial charge in [-0.2, -0.15) is 0 Å². The molecule has 0 saturated carbocycles. The molecule has 2 nitrogen and oxygen atoms in total. The standard InChI is InChI=1S/C14H15ClN2/c1-2-11-5-3-4-6-14(11)17-9-12-7-8-16-10-13(12)15/h3-8,10,17H,2,9H2,1H3. The van der Waals surface area contributed by atoms with Crippen molar-refractivity contribution < 1.29 is 0 Å². The first-order valence-electron chi connectivity index (χ1n) is 5.71. The first-order valence-corrected chi connectivity index (χ1v) is 6.09. The van der Waals surface area contributed by atoms with Crippen molar-refractivity contribution in [2.75, 3.05) is 5.32 Å². The highest BCUT2D eigenvalue weighted by molar-refractivity contribution is 6.31. The molecule has 2 aromatic rings. The van der Waals surface area contributed by atoms with Gasteiger partial charge in [-0.3, -0.25) is 4.98 Å². The van der Waals surface area contributed by atoms with Crippen LogP contribution in [0.5, 0.6) is 0 Å². The molecular formula is C14H15ClN2. The fraction of sp³-hybridized carbons (Fsp3) is 0.214. The van der Waals surface area contributed by atoms with E-state index < -0.39 is 0 Å². The van der Waals surface area contributed by atoms with Gasteiger partial charge in [-0.1, -0.05) is 36.7 Å². The molecule has 0 bridgehead atoms. The molecule has 88 valence electrons. The van der Waals surface area contributed by atoms with Gasteiger partial charge in [0.15, 0.2) is 0 Å². The summed E-state index contributed by atoms with van der Waals surface area (Å²) in [6.45, 7) is 2.87. The number of aryl methyl sites for hydroxylation is 1. The zero-order valence-corrected chi connectivity index (χ0v) is 10.5. The third-order valence-electron chi connectivity index (χ3n) is 2.72. The summed E-state index contributed by atoms with van der Waals surface area (Å²) in [6, 6.07) is 10.3. The number of hydrogen-bond acceptors (Lipinski definition) is 2. The van der Waals surface area contributed by atoms with Crippen molar-refractivity contribution in [1.29, 1.82) is 0 Å². The lowest BCUT2D eigenvalue weighted by Gasteiger charge is -2.11. The van der Waals surface area contributed by atoms with Gasteiger partial charge in [-0.15, -0.1) is 0 Å². The molecule has 0 aliphatic rings. The van der Waals surface area contributed by atoms with E-state index in [1.165, 1.54) is 11.3 Å². The van der Waals surface area contributed by atoms with Crippen molar-refractivity contribution in [1.82, 2.24) is 4.98 Å². The van der Waals surface area contributed by atoms with E-state index in [1.807, 2.05) is 12.1 Å². The summed E-state index contributed by atoms with van der Waals surface area (Å²) in [6.07, 6.45) is 4.45. The molecule has 3 heteroatoms. The first-order chi connectivity index (χ1) is 8.31. The molecule has 2 rings (SSSR count). The third-order valence-corrected chi connectivity index (χ3v) is 3.06. The summed E-state index contributed by atoms with van der Waals surface area (Å²) in [5.41, 5.74) is 3.55. The van der Waals surface area contributed by atoms with Gasteiger partial charge in [-0.05, 0) is 29.7 Å². The van der Waals surface area contributed by atoms with Gasteiger partial charge in [0.1, 0.15) is 0 Å². The minimum Gasteiger partial charge on any atom is -0.381 e. The Morgan fingerprint density at radius 1 is 1.18 bits per heavy atom.